The third-order valence-electron chi connectivity index (χ3n) is 3.10. The van der Waals surface area contributed by atoms with Crippen LogP contribution in [0.1, 0.15) is 30.3 Å². The van der Waals surface area contributed by atoms with Crippen LogP contribution in [0.2, 0.25) is 0 Å². The van der Waals surface area contributed by atoms with Gasteiger partial charge in [0.15, 0.2) is 0 Å². The minimum Gasteiger partial charge on any atom is -0.480 e. The average molecular weight is 254 g/mol. The summed E-state index contributed by atoms with van der Waals surface area (Å²) in [5.74, 6) is -1.21. The highest BCUT2D eigenvalue weighted by Crippen LogP contribution is 2.25. The molecule has 5 nitrogen and oxygen atoms in total. The van der Waals surface area contributed by atoms with Gasteiger partial charge in [-0.25, -0.2) is 9.78 Å². The predicted octanol–water partition coefficient (Wildman–Crippen LogP) is 1.47. The molecule has 0 saturated carbocycles. The number of aromatic nitrogens is 1. The van der Waals surface area contributed by atoms with Crippen molar-refractivity contribution >= 4 is 23.2 Å². The first-order valence-corrected chi connectivity index (χ1v) is 6.47. The maximum atomic E-state index is 12.1. The average Bonchev–Trinajstić information content (AvgIpc) is 2.80. The summed E-state index contributed by atoms with van der Waals surface area (Å²) < 4.78 is 0. The number of hydrogen-bond donors (Lipinski definition) is 1. The molecule has 2 atom stereocenters. The standard InChI is InChI=1S/C11H14N2O3S/c1-7-3-2-4-13(9(7)11(15)16)10(14)8-5-17-6-12-8/h5-7,9H,2-4H2,1H3,(H,15,16). The number of carboxylic acid groups (broad SMARTS) is 1. The van der Waals surface area contributed by atoms with Crippen molar-refractivity contribution in [2.24, 2.45) is 5.92 Å². The van der Waals surface area contributed by atoms with Crippen LogP contribution in [0.3, 0.4) is 0 Å². The van der Waals surface area contributed by atoms with Crippen LogP contribution in [0.25, 0.3) is 0 Å². The lowest BCUT2D eigenvalue weighted by Crippen LogP contribution is -2.52. The maximum absolute atomic E-state index is 12.1. The van der Waals surface area contributed by atoms with Crippen LogP contribution in [0, 0.1) is 5.92 Å². The number of rotatable bonds is 2. The summed E-state index contributed by atoms with van der Waals surface area (Å²) in [5.41, 5.74) is 1.92. The molecule has 0 bridgehead atoms. The van der Waals surface area contributed by atoms with E-state index in [1.54, 1.807) is 10.9 Å². The summed E-state index contributed by atoms with van der Waals surface area (Å²) in [6, 6.07) is -0.724. The van der Waals surface area contributed by atoms with E-state index in [4.69, 9.17) is 0 Å². The summed E-state index contributed by atoms with van der Waals surface area (Å²) in [7, 11) is 0. The van der Waals surface area contributed by atoms with Gasteiger partial charge >= 0.3 is 5.97 Å². The van der Waals surface area contributed by atoms with Gasteiger partial charge in [0.1, 0.15) is 11.7 Å². The monoisotopic (exact) mass is 254 g/mol. The van der Waals surface area contributed by atoms with Gasteiger partial charge in [0.25, 0.3) is 5.91 Å². The van der Waals surface area contributed by atoms with E-state index < -0.39 is 12.0 Å². The van der Waals surface area contributed by atoms with E-state index in [1.165, 1.54) is 16.2 Å². The largest absolute Gasteiger partial charge is 0.480 e. The number of thiazole rings is 1. The molecule has 1 aliphatic rings. The molecule has 2 unspecified atom stereocenters. The quantitative estimate of drug-likeness (QED) is 0.867. The van der Waals surface area contributed by atoms with Crippen molar-refractivity contribution in [2.75, 3.05) is 6.54 Å². The van der Waals surface area contributed by atoms with E-state index >= 15 is 0 Å². The first kappa shape index (κ1) is 12.0. The lowest BCUT2D eigenvalue weighted by Gasteiger charge is -2.36. The number of carboxylic acids is 1. The smallest absolute Gasteiger partial charge is 0.326 e. The third-order valence-corrected chi connectivity index (χ3v) is 3.69. The van der Waals surface area contributed by atoms with Gasteiger partial charge in [-0.05, 0) is 18.8 Å². The molecule has 0 aromatic carbocycles. The number of amides is 1. The zero-order valence-electron chi connectivity index (χ0n) is 9.50. The molecule has 17 heavy (non-hydrogen) atoms. The summed E-state index contributed by atoms with van der Waals surface area (Å²) >= 11 is 1.34. The summed E-state index contributed by atoms with van der Waals surface area (Å²) in [6.07, 6.45) is 1.69. The lowest BCUT2D eigenvalue weighted by molar-refractivity contribution is -0.145. The first-order valence-electron chi connectivity index (χ1n) is 5.53. The Labute approximate surface area is 103 Å². The molecule has 1 aromatic heterocycles. The summed E-state index contributed by atoms with van der Waals surface area (Å²) in [4.78, 5) is 28.7. The summed E-state index contributed by atoms with van der Waals surface area (Å²) in [5, 5.41) is 10.9. The Morgan fingerprint density at radius 2 is 2.35 bits per heavy atom. The molecule has 2 heterocycles. The number of hydrogen-bond acceptors (Lipinski definition) is 4. The van der Waals surface area contributed by atoms with Crippen molar-refractivity contribution in [2.45, 2.75) is 25.8 Å². The molecular weight excluding hydrogens is 240 g/mol. The van der Waals surface area contributed by atoms with Crippen LogP contribution in [0.15, 0.2) is 10.9 Å². The Hall–Kier alpha value is -1.43. The van der Waals surface area contributed by atoms with Crippen molar-refractivity contribution in [3.63, 3.8) is 0 Å². The topological polar surface area (TPSA) is 70.5 Å². The van der Waals surface area contributed by atoms with E-state index in [0.717, 1.165) is 12.8 Å². The molecule has 6 heteroatoms. The fourth-order valence-electron chi connectivity index (χ4n) is 2.26. The SMILES string of the molecule is CC1CCCN(C(=O)c2cscn2)C1C(=O)O. The number of nitrogens with zero attached hydrogens (tertiary/aromatic N) is 2. The molecule has 1 aromatic rings. The van der Waals surface area contributed by atoms with Crippen LogP contribution < -0.4 is 0 Å². The molecule has 0 radical (unpaired) electrons. The number of carbonyl (C=O) groups is 2. The van der Waals surface area contributed by atoms with Crippen molar-refractivity contribution in [3.05, 3.63) is 16.6 Å². The zero-order valence-corrected chi connectivity index (χ0v) is 10.3. The van der Waals surface area contributed by atoms with Crippen LogP contribution >= 0.6 is 11.3 Å². The van der Waals surface area contributed by atoms with Crippen LogP contribution in [0.5, 0.6) is 0 Å². The van der Waals surface area contributed by atoms with Gasteiger partial charge in [-0.1, -0.05) is 6.92 Å². The molecule has 92 valence electrons. The van der Waals surface area contributed by atoms with Crippen molar-refractivity contribution in [1.82, 2.24) is 9.88 Å². The molecule has 1 aliphatic heterocycles. The van der Waals surface area contributed by atoms with Gasteiger partial charge in [-0.2, -0.15) is 0 Å². The van der Waals surface area contributed by atoms with Crippen molar-refractivity contribution < 1.29 is 14.7 Å². The Morgan fingerprint density at radius 3 is 2.94 bits per heavy atom. The van der Waals surface area contributed by atoms with Gasteiger partial charge in [0, 0.05) is 11.9 Å². The van der Waals surface area contributed by atoms with Crippen molar-refractivity contribution in [1.29, 1.82) is 0 Å². The van der Waals surface area contributed by atoms with Gasteiger partial charge < -0.3 is 10.0 Å². The number of piperidine rings is 1. The van der Waals surface area contributed by atoms with E-state index in [2.05, 4.69) is 4.98 Å². The zero-order chi connectivity index (χ0) is 12.4. The Kier molecular flexibility index (Phi) is 3.42. The minimum absolute atomic E-state index is 0.0103. The minimum atomic E-state index is -0.930. The van der Waals surface area contributed by atoms with Crippen LogP contribution in [0.4, 0.5) is 0 Å². The van der Waals surface area contributed by atoms with Crippen LogP contribution in [-0.4, -0.2) is 39.5 Å². The highest BCUT2D eigenvalue weighted by atomic mass is 32.1. The van der Waals surface area contributed by atoms with E-state index in [-0.39, 0.29) is 11.8 Å². The Balaban J connectivity index is 2.23. The Morgan fingerprint density at radius 1 is 1.59 bits per heavy atom. The second kappa shape index (κ2) is 4.83. The number of aliphatic carboxylic acids is 1. The lowest BCUT2D eigenvalue weighted by atomic mass is 9.90. The second-order valence-electron chi connectivity index (χ2n) is 4.27. The molecule has 0 spiro atoms. The highest BCUT2D eigenvalue weighted by molar-refractivity contribution is 7.07. The van der Waals surface area contributed by atoms with E-state index in [0.29, 0.717) is 12.2 Å². The van der Waals surface area contributed by atoms with Gasteiger partial charge in [-0.3, -0.25) is 4.79 Å². The molecule has 1 amide bonds. The molecule has 1 saturated heterocycles. The van der Waals surface area contributed by atoms with Crippen molar-refractivity contribution in [3.8, 4) is 0 Å². The molecule has 1 fully saturated rings. The predicted molar refractivity (Wildman–Crippen MR) is 63.0 cm³/mol. The maximum Gasteiger partial charge on any atom is 0.326 e. The van der Waals surface area contributed by atoms with E-state index in [9.17, 15) is 14.7 Å². The normalized spacial score (nSPS) is 24.6. The third kappa shape index (κ3) is 2.31. The fraction of sp³-hybridized carbons (Fsp3) is 0.545. The van der Waals surface area contributed by atoms with Gasteiger partial charge in [-0.15, -0.1) is 11.3 Å². The van der Waals surface area contributed by atoms with E-state index in [1.807, 2.05) is 6.92 Å². The van der Waals surface area contributed by atoms with Crippen LogP contribution in [-0.2, 0) is 4.79 Å². The Bertz CT molecular complexity index is 418. The number of likely N-dealkylation sites (tertiary alicyclic amines) is 1. The highest BCUT2D eigenvalue weighted by Gasteiger charge is 2.37. The molecule has 0 aliphatic carbocycles. The molecule has 1 N–H and O–H groups in total. The van der Waals surface area contributed by atoms with Gasteiger partial charge in [0.2, 0.25) is 0 Å². The molecular formula is C11H14N2O3S. The van der Waals surface area contributed by atoms with Gasteiger partial charge in [0.05, 0.1) is 5.51 Å². The number of carbonyl (C=O) groups excluding carboxylic acids is 1. The fourth-order valence-corrected chi connectivity index (χ4v) is 2.78. The second-order valence-corrected chi connectivity index (χ2v) is 4.99. The first-order chi connectivity index (χ1) is 8.11. The summed E-state index contributed by atoms with van der Waals surface area (Å²) in [6.45, 7) is 2.37. The molecule has 2 rings (SSSR count).